The normalized spacial score (nSPS) is 12.9. The summed E-state index contributed by atoms with van der Waals surface area (Å²) in [7, 11) is 0. The molecule has 2 aromatic rings. The molecule has 0 radical (unpaired) electrons. The maximum Gasteiger partial charge on any atom is 0.124 e. The summed E-state index contributed by atoms with van der Waals surface area (Å²) in [6.45, 7) is 8.26. The van der Waals surface area contributed by atoms with Gasteiger partial charge in [-0.2, -0.15) is 0 Å². The zero-order chi connectivity index (χ0) is 15.4. The number of rotatable bonds is 6. The van der Waals surface area contributed by atoms with Crippen LogP contribution >= 0.6 is 15.9 Å². The van der Waals surface area contributed by atoms with Crippen LogP contribution < -0.4 is 5.32 Å². The molecule has 2 nitrogen and oxygen atoms in total. The van der Waals surface area contributed by atoms with E-state index in [1.165, 1.54) is 17.7 Å². The fourth-order valence-corrected chi connectivity index (χ4v) is 3.02. The lowest BCUT2D eigenvalue weighted by molar-refractivity contribution is 0.421. The lowest BCUT2D eigenvalue weighted by Crippen LogP contribution is -2.25. The van der Waals surface area contributed by atoms with Crippen LogP contribution in [0.4, 0.5) is 4.39 Å². The molecule has 0 aliphatic heterocycles. The molecule has 0 aliphatic rings. The Bertz CT molecular complexity index is 592. The Balaban J connectivity index is 2.15. The average Bonchev–Trinajstić information content (AvgIpc) is 2.87. The van der Waals surface area contributed by atoms with Crippen LogP contribution in [0.1, 0.15) is 37.9 Å². The van der Waals surface area contributed by atoms with Crippen molar-refractivity contribution in [3.8, 4) is 0 Å². The van der Waals surface area contributed by atoms with Crippen LogP contribution in [0, 0.1) is 11.7 Å². The Morgan fingerprint density at radius 3 is 2.67 bits per heavy atom. The molecule has 1 atom stereocenters. The summed E-state index contributed by atoms with van der Waals surface area (Å²) in [6, 6.07) is 7.36. The van der Waals surface area contributed by atoms with E-state index in [-0.39, 0.29) is 5.82 Å². The molecule has 1 heterocycles. The highest BCUT2D eigenvalue weighted by molar-refractivity contribution is 9.10. The van der Waals surface area contributed by atoms with Gasteiger partial charge >= 0.3 is 0 Å². The Labute approximate surface area is 134 Å². The first-order valence-corrected chi connectivity index (χ1v) is 8.13. The quantitative estimate of drug-likeness (QED) is 0.793. The molecule has 4 heteroatoms. The summed E-state index contributed by atoms with van der Waals surface area (Å²) in [5, 5.41) is 3.52. The third kappa shape index (κ3) is 4.17. The van der Waals surface area contributed by atoms with Crippen LogP contribution in [0.2, 0.25) is 0 Å². The van der Waals surface area contributed by atoms with Crippen molar-refractivity contribution in [1.82, 2.24) is 9.88 Å². The first kappa shape index (κ1) is 16.2. The zero-order valence-electron chi connectivity index (χ0n) is 12.7. The van der Waals surface area contributed by atoms with E-state index in [1.807, 2.05) is 6.07 Å². The van der Waals surface area contributed by atoms with Crippen molar-refractivity contribution in [2.75, 3.05) is 6.54 Å². The highest BCUT2D eigenvalue weighted by Crippen LogP contribution is 2.23. The average molecular weight is 353 g/mol. The number of nitrogens with one attached hydrogen (secondary N) is 1. The van der Waals surface area contributed by atoms with E-state index in [0.29, 0.717) is 12.0 Å². The summed E-state index contributed by atoms with van der Waals surface area (Å²) in [4.78, 5) is 0. The van der Waals surface area contributed by atoms with E-state index in [1.54, 1.807) is 0 Å². The molecule has 0 aliphatic carbocycles. The molecular weight excluding hydrogens is 331 g/mol. The number of aromatic nitrogens is 1. The van der Waals surface area contributed by atoms with E-state index < -0.39 is 0 Å². The third-order valence-electron chi connectivity index (χ3n) is 3.59. The van der Waals surface area contributed by atoms with E-state index in [2.05, 4.69) is 65.0 Å². The standard InChI is InChI=1S/C17H22BrFN2/c1-4-20-17(12(2)3)14-7-8-21(11-14)10-13-5-6-15(19)9-16(13)18/h5-9,11-12,17,20H,4,10H2,1-3H3. The first-order valence-electron chi connectivity index (χ1n) is 7.34. The van der Waals surface area contributed by atoms with Gasteiger partial charge in [-0.15, -0.1) is 0 Å². The van der Waals surface area contributed by atoms with Crippen LogP contribution in [-0.2, 0) is 6.54 Å². The van der Waals surface area contributed by atoms with Crippen molar-refractivity contribution >= 4 is 15.9 Å². The second-order valence-corrected chi connectivity index (χ2v) is 6.49. The largest absolute Gasteiger partial charge is 0.350 e. The smallest absolute Gasteiger partial charge is 0.124 e. The van der Waals surface area contributed by atoms with Crippen LogP contribution in [0.5, 0.6) is 0 Å². The predicted octanol–water partition coefficient (Wildman–Crippen LogP) is 4.74. The first-order chi connectivity index (χ1) is 10.0. The van der Waals surface area contributed by atoms with Crippen molar-refractivity contribution in [1.29, 1.82) is 0 Å². The summed E-state index contributed by atoms with van der Waals surface area (Å²) in [6.07, 6.45) is 4.25. The number of hydrogen-bond donors (Lipinski definition) is 1. The minimum Gasteiger partial charge on any atom is -0.350 e. The minimum absolute atomic E-state index is 0.217. The second kappa shape index (κ2) is 7.23. The molecule has 1 unspecified atom stereocenters. The van der Waals surface area contributed by atoms with Gasteiger partial charge in [0.15, 0.2) is 0 Å². The molecule has 114 valence electrons. The molecule has 2 rings (SSSR count). The SMILES string of the molecule is CCNC(c1ccn(Cc2ccc(F)cc2Br)c1)C(C)C. The van der Waals surface area contributed by atoms with Crippen LogP contribution in [0.15, 0.2) is 41.1 Å². The van der Waals surface area contributed by atoms with Gasteiger partial charge in [0.25, 0.3) is 0 Å². The maximum absolute atomic E-state index is 13.1. The molecular formula is C17H22BrFN2. The number of hydrogen-bond acceptors (Lipinski definition) is 1. The summed E-state index contributed by atoms with van der Waals surface area (Å²) in [5.74, 6) is 0.323. The Kier molecular flexibility index (Phi) is 5.59. The van der Waals surface area contributed by atoms with E-state index >= 15 is 0 Å². The summed E-state index contributed by atoms with van der Waals surface area (Å²) < 4.78 is 16.1. The van der Waals surface area contributed by atoms with Gasteiger partial charge in [0.1, 0.15) is 5.82 Å². The fourth-order valence-electron chi connectivity index (χ4n) is 2.55. The molecule has 1 N–H and O–H groups in total. The molecule has 0 fully saturated rings. The van der Waals surface area contributed by atoms with Crippen molar-refractivity contribution in [3.05, 3.63) is 58.1 Å². The van der Waals surface area contributed by atoms with Crippen LogP contribution in [0.25, 0.3) is 0 Å². The van der Waals surface area contributed by atoms with Crippen molar-refractivity contribution in [2.24, 2.45) is 5.92 Å². The van der Waals surface area contributed by atoms with Crippen molar-refractivity contribution < 1.29 is 4.39 Å². The number of benzene rings is 1. The number of halogens is 2. The van der Waals surface area contributed by atoms with Gasteiger partial charge in [-0.3, -0.25) is 0 Å². The zero-order valence-corrected chi connectivity index (χ0v) is 14.3. The van der Waals surface area contributed by atoms with Crippen molar-refractivity contribution in [2.45, 2.75) is 33.4 Å². The molecule has 0 amide bonds. The molecule has 0 bridgehead atoms. The topological polar surface area (TPSA) is 17.0 Å². The predicted molar refractivity (Wildman–Crippen MR) is 88.9 cm³/mol. The third-order valence-corrected chi connectivity index (χ3v) is 4.33. The lowest BCUT2D eigenvalue weighted by atomic mass is 9.98. The Hall–Kier alpha value is -1.13. The van der Waals surface area contributed by atoms with Gasteiger partial charge in [0.05, 0.1) is 0 Å². The van der Waals surface area contributed by atoms with Crippen LogP contribution in [0.3, 0.4) is 0 Å². The Morgan fingerprint density at radius 2 is 2.05 bits per heavy atom. The van der Waals surface area contributed by atoms with E-state index in [0.717, 1.165) is 23.1 Å². The van der Waals surface area contributed by atoms with Gasteiger partial charge in [-0.05, 0) is 41.8 Å². The molecule has 0 saturated carbocycles. The molecule has 0 saturated heterocycles. The van der Waals surface area contributed by atoms with Crippen molar-refractivity contribution in [3.63, 3.8) is 0 Å². The van der Waals surface area contributed by atoms with Gasteiger partial charge in [0, 0.05) is 29.5 Å². The van der Waals surface area contributed by atoms with E-state index in [9.17, 15) is 4.39 Å². The molecule has 1 aromatic heterocycles. The molecule has 21 heavy (non-hydrogen) atoms. The monoisotopic (exact) mass is 352 g/mol. The highest BCUT2D eigenvalue weighted by Gasteiger charge is 2.15. The fraction of sp³-hybridized carbons (Fsp3) is 0.412. The molecule has 0 spiro atoms. The summed E-state index contributed by atoms with van der Waals surface area (Å²) in [5.41, 5.74) is 2.37. The minimum atomic E-state index is -0.217. The summed E-state index contributed by atoms with van der Waals surface area (Å²) >= 11 is 3.42. The van der Waals surface area contributed by atoms with Gasteiger partial charge < -0.3 is 9.88 Å². The second-order valence-electron chi connectivity index (χ2n) is 5.63. The Morgan fingerprint density at radius 1 is 1.29 bits per heavy atom. The van der Waals surface area contributed by atoms with E-state index in [4.69, 9.17) is 0 Å². The van der Waals surface area contributed by atoms with Crippen LogP contribution in [-0.4, -0.2) is 11.1 Å². The maximum atomic E-state index is 13.1. The van der Waals surface area contributed by atoms with Gasteiger partial charge in [-0.25, -0.2) is 4.39 Å². The van der Waals surface area contributed by atoms with Gasteiger partial charge in [0.2, 0.25) is 0 Å². The number of nitrogens with zero attached hydrogens (tertiary/aromatic N) is 1. The highest BCUT2D eigenvalue weighted by atomic mass is 79.9. The lowest BCUT2D eigenvalue weighted by Gasteiger charge is -2.20. The molecule has 1 aromatic carbocycles. The van der Waals surface area contributed by atoms with Gasteiger partial charge in [-0.1, -0.05) is 42.8 Å².